The van der Waals surface area contributed by atoms with Gasteiger partial charge in [0.25, 0.3) is 0 Å². The van der Waals surface area contributed by atoms with E-state index in [1.165, 1.54) is 35.1 Å². The summed E-state index contributed by atoms with van der Waals surface area (Å²) in [5.41, 5.74) is 1.47. The monoisotopic (exact) mass is 359 g/mol. The fourth-order valence-electron chi connectivity index (χ4n) is 2.55. The number of carbonyl (C=O) groups excluding carboxylic acids is 1. The van der Waals surface area contributed by atoms with Gasteiger partial charge in [-0.3, -0.25) is 4.79 Å². The summed E-state index contributed by atoms with van der Waals surface area (Å²) in [6.45, 7) is 1.72. The molecule has 0 aliphatic heterocycles. The van der Waals surface area contributed by atoms with Crippen molar-refractivity contribution in [3.63, 3.8) is 0 Å². The van der Waals surface area contributed by atoms with Gasteiger partial charge in [0.05, 0.1) is 19.2 Å². The highest BCUT2D eigenvalue weighted by atomic mass is 19.1. The highest BCUT2D eigenvalue weighted by Gasteiger charge is 2.14. The molecule has 2 aromatic carbocycles. The lowest BCUT2D eigenvalue weighted by atomic mass is 10.1. The van der Waals surface area contributed by atoms with Gasteiger partial charge in [0, 0.05) is 11.1 Å². The molecule has 1 amide bonds. The Hall–Kier alpha value is -3.09. The molecule has 0 bridgehead atoms. The van der Waals surface area contributed by atoms with Gasteiger partial charge in [-0.2, -0.15) is 5.10 Å². The van der Waals surface area contributed by atoms with Crippen LogP contribution in [0.4, 0.5) is 19.0 Å². The van der Waals surface area contributed by atoms with E-state index in [4.69, 9.17) is 0 Å². The predicted octanol–water partition coefficient (Wildman–Crippen LogP) is 3.84. The Balaban J connectivity index is 1.76. The van der Waals surface area contributed by atoms with Crippen LogP contribution >= 0.6 is 0 Å². The lowest BCUT2D eigenvalue weighted by molar-refractivity contribution is -0.115. The average Bonchev–Trinajstić information content (AvgIpc) is 2.93. The summed E-state index contributed by atoms with van der Waals surface area (Å²) in [5.74, 6) is -1.39. The smallest absolute Gasteiger partial charge is 0.229 e. The number of amides is 1. The third kappa shape index (κ3) is 4.11. The molecule has 134 valence electrons. The third-order valence-corrected chi connectivity index (χ3v) is 3.89. The molecule has 7 heteroatoms. The maximum Gasteiger partial charge on any atom is 0.229 e. The number of nitrogens with one attached hydrogen (secondary N) is 1. The van der Waals surface area contributed by atoms with Crippen molar-refractivity contribution < 1.29 is 18.0 Å². The normalized spacial score (nSPS) is 10.8. The second kappa shape index (κ2) is 7.43. The second-order valence-corrected chi connectivity index (χ2v) is 5.92. The van der Waals surface area contributed by atoms with Gasteiger partial charge in [-0.05, 0) is 42.8 Å². The van der Waals surface area contributed by atoms with Crippen molar-refractivity contribution in [3.05, 3.63) is 82.8 Å². The molecule has 0 saturated heterocycles. The summed E-state index contributed by atoms with van der Waals surface area (Å²) in [6, 6.07) is 8.81. The molecule has 1 aromatic heterocycles. The summed E-state index contributed by atoms with van der Waals surface area (Å²) < 4.78 is 41.5. The van der Waals surface area contributed by atoms with Gasteiger partial charge < -0.3 is 5.32 Å². The topological polar surface area (TPSA) is 46.9 Å². The molecule has 3 aromatic rings. The number of rotatable bonds is 5. The highest BCUT2D eigenvalue weighted by molar-refractivity contribution is 5.92. The standard InChI is InChI=1S/C19H16F3N3O/c1-12-10-23-25(11-14-9-16(21)6-7-17(14)22)19(12)24-18(26)8-13-2-4-15(20)5-3-13/h2-7,9-10H,8,11H2,1H3,(H,24,26). The van der Waals surface area contributed by atoms with Crippen molar-refractivity contribution in [2.75, 3.05) is 5.32 Å². The summed E-state index contributed by atoms with van der Waals surface area (Å²) in [6.07, 6.45) is 1.59. The van der Waals surface area contributed by atoms with Crippen LogP contribution in [0.5, 0.6) is 0 Å². The van der Waals surface area contributed by atoms with Crippen LogP contribution in [0, 0.1) is 24.4 Å². The molecule has 26 heavy (non-hydrogen) atoms. The van der Waals surface area contributed by atoms with Crippen molar-refractivity contribution in [2.24, 2.45) is 0 Å². The first kappa shape index (κ1) is 17.7. The van der Waals surface area contributed by atoms with Crippen LogP contribution in [0.2, 0.25) is 0 Å². The number of benzene rings is 2. The van der Waals surface area contributed by atoms with E-state index in [0.717, 1.165) is 18.2 Å². The fraction of sp³-hybridized carbons (Fsp3) is 0.158. The Kier molecular flexibility index (Phi) is 5.06. The molecule has 0 fully saturated rings. The molecule has 0 unspecified atom stereocenters. The maximum absolute atomic E-state index is 13.9. The zero-order valence-electron chi connectivity index (χ0n) is 14.0. The van der Waals surface area contributed by atoms with Crippen molar-refractivity contribution in [3.8, 4) is 0 Å². The Labute approximate surface area is 148 Å². The van der Waals surface area contributed by atoms with Gasteiger partial charge in [-0.25, -0.2) is 17.9 Å². The fourth-order valence-corrected chi connectivity index (χ4v) is 2.55. The number of carbonyl (C=O) groups is 1. The number of hydrogen-bond donors (Lipinski definition) is 1. The van der Waals surface area contributed by atoms with Crippen LogP contribution in [0.25, 0.3) is 0 Å². The Morgan fingerprint density at radius 1 is 1.08 bits per heavy atom. The number of aromatic nitrogens is 2. The van der Waals surface area contributed by atoms with E-state index >= 15 is 0 Å². The van der Waals surface area contributed by atoms with E-state index in [2.05, 4.69) is 10.4 Å². The van der Waals surface area contributed by atoms with Gasteiger partial charge in [-0.1, -0.05) is 12.1 Å². The quantitative estimate of drug-likeness (QED) is 0.752. The maximum atomic E-state index is 13.9. The zero-order valence-corrected chi connectivity index (χ0v) is 14.0. The lowest BCUT2D eigenvalue weighted by Crippen LogP contribution is -2.19. The molecule has 0 radical (unpaired) electrons. The molecule has 1 N–H and O–H groups in total. The highest BCUT2D eigenvalue weighted by Crippen LogP contribution is 2.18. The molecular formula is C19H16F3N3O. The molecule has 1 heterocycles. The number of aryl methyl sites for hydroxylation is 1. The Bertz CT molecular complexity index is 936. The van der Waals surface area contributed by atoms with Gasteiger partial charge >= 0.3 is 0 Å². The molecular weight excluding hydrogens is 343 g/mol. The average molecular weight is 359 g/mol. The van der Waals surface area contributed by atoms with Gasteiger partial charge in [-0.15, -0.1) is 0 Å². The van der Waals surface area contributed by atoms with Crippen molar-refractivity contribution in [2.45, 2.75) is 19.9 Å². The zero-order chi connectivity index (χ0) is 18.7. The van der Waals surface area contributed by atoms with E-state index in [-0.39, 0.29) is 30.3 Å². The summed E-state index contributed by atoms with van der Waals surface area (Å²) >= 11 is 0. The first-order valence-corrected chi connectivity index (χ1v) is 7.93. The number of nitrogens with zero attached hydrogens (tertiary/aromatic N) is 2. The molecule has 0 saturated carbocycles. The first-order valence-electron chi connectivity index (χ1n) is 7.93. The third-order valence-electron chi connectivity index (χ3n) is 3.89. The molecule has 4 nitrogen and oxygen atoms in total. The predicted molar refractivity (Wildman–Crippen MR) is 91.2 cm³/mol. The minimum absolute atomic E-state index is 0.0242. The van der Waals surface area contributed by atoms with E-state index in [1.54, 1.807) is 6.92 Å². The molecule has 0 aliphatic carbocycles. The number of hydrogen-bond acceptors (Lipinski definition) is 2. The van der Waals surface area contributed by atoms with Crippen LogP contribution in [-0.4, -0.2) is 15.7 Å². The van der Waals surface area contributed by atoms with Gasteiger partial charge in [0.1, 0.15) is 23.3 Å². The molecule has 0 spiro atoms. The van der Waals surface area contributed by atoms with Crippen LogP contribution in [0.3, 0.4) is 0 Å². The van der Waals surface area contributed by atoms with Gasteiger partial charge in [0.15, 0.2) is 0 Å². The SMILES string of the molecule is Cc1cnn(Cc2cc(F)ccc2F)c1NC(=O)Cc1ccc(F)cc1. The van der Waals surface area contributed by atoms with Crippen LogP contribution in [0.15, 0.2) is 48.7 Å². The van der Waals surface area contributed by atoms with E-state index in [9.17, 15) is 18.0 Å². The Morgan fingerprint density at radius 2 is 1.77 bits per heavy atom. The van der Waals surface area contributed by atoms with Crippen molar-refractivity contribution in [1.29, 1.82) is 0 Å². The Morgan fingerprint density at radius 3 is 2.50 bits per heavy atom. The molecule has 3 rings (SSSR count). The van der Waals surface area contributed by atoms with E-state index in [0.29, 0.717) is 16.9 Å². The van der Waals surface area contributed by atoms with Crippen molar-refractivity contribution in [1.82, 2.24) is 9.78 Å². The minimum atomic E-state index is -0.553. The van der Waals surface area contributed by atoms with Crippen LogP contribution in [-0.2, 0) is 17.8 Å². The molecule has 0 aliphatic rings. The molecule has 0 atom stereocenters. The summed E-state index contributed by atoms with van der Waals surface area (Å²) in [4.78, 5) is 12.3. The largest absolute Gasteiger partial charge is 0.310 e. The number of halogens is 3. The van der Waals surface area contributed by atoms with Crippen LogP contribution < -0.4 is 5.32 Å². The van der Waals surface area contributed by atoms with Crippen molar-refractivity contribution >= 4 is 11.7 Å². The summed E-state index contributed by atoms with van der Waals surface area (Å²) in [7, 11) is 0. The summed E-state index contributed by atoms with van der Waals surface area (Å²) in [5, 5.41) is 6.84. The first-order chi connectivity index (χ1) is 12.4. The number of anilines is 1. The minimum Gasteiger partial charge on any atom is -0.310 e. The van der Waals surface area contributed by atoms with E-state index in [1.807, 2.05) is 0 Å². The van der Waals surface area contributed by atoms with E-state index < -0.39 is 11.6 Å². The lowest BCUT2D eigenvalue weighted by Gasteiger charge is -2.11. The van der Waals surface area contributed by atoms with Gasteiger partial charge in [0.2, 0.25) is 5.91 Å². The second-order valence-electron chi connectivity index (χ2n) is 5.92. The van der Waals surface area contributed by atoms with Crippen LogP contribution in [0.1, 0.15) is 16.7 Å².